The number of hydrogen-bond acceptors (Lipinski definition) is 5. The molecule has 76 heavy (non-hydrogen) atoms. The molecule has 0 fully saturated rings. The Morgan fingerprint density at radius 1 is 0.408 bits per heavy atom. The molecule has 8 heteroatoms. The normalized spacial score (nSPS) is 12.2. The van der Waals surface area contributed by atoms with Crippen molar-refractivity contribution in [2.24, 2.45) is 0 Å². The minimum atomic E-state index is 0.378. The highest BCUT2D eigenvalue weighted by Gasteiger charge is 2.34. The molecule has 0 atom stereocenters. The standard InChI is InChI=1S/C68H34N4O2S2/c1-70-60-56(37-16-4-2-5-17-37)49(36-69)61(71-50-34-35-53-59(47-23-9-13-25-52(47)73-53)58(50)48-33-30-44-39-20-8-12-24-51(39)74-66(44)62(48)71)57(38-18-6-3-7-19-38)65(60)72-63-42(28-31-45-40-21-10-14-26-54(40)75-67(45)63)43-29-32-46-41-22-11-15-27-55(41)76-68(46)64(43)72/h2-35H. The second kappa shape index (κ2) is 15.3. The molecular formula is C68H34N4O2S2. The second-order valence-electron chi connectivity index (χ2n) is 19.5. The molecule has 0 aliphatic rings. The first kappa shape index (κ1) is 41.5. The Morgan fingerprint density at radius 2 is 0.934 bits per heavy atom. The van der Waals surface area contributed by atoms with Gasteiger partial charge in [0.15, 0.2) is 5.58 Å². The number of para-hydroxylation sites is 2. The summed E-state index contributed by atoms with van der Waals surface area (Å²) in [7, 11) is 0. The number of fused-ring (bicyclic) bond motifs is 22. The molecule has 6 nitrogen and oxygen atoms in total. The van der Waals surface area contributed by atoms with E-state index in [1.807, 2.05) is 66.7 Å². The molecule has 11 aromatic carbocycles. The van der Waals surface area contributed by atoms with Crippen LogP contribution >= 0.6 is 22.7 Å². The highest BCUT2D eigenvalue weighted by molar-refractivity contribution is 7.27. The van der Waals surface area contributed by atoms with E-state index in [4.69, 9.17) is 13.7 Å². The fraction of sp³-hybridized carbons (Fsp3) is 0. The topological polar surface area (TPSA) is 64.3 Å². The molecule has 0 unspecified atom stereocenters. The average molecular weight is 1000 g/mol. The van der Waals surface area contributed by atoms with Gasteiger partial charge in [0.05, 0.1) is 55.0 Å². The van der Waals surface area contributed by atoms with Gasteiger partial charge in [0.25, 0.3) is 0 Å². The third kappa shape index (κ3) is 5.35. The molecule has 0 bridgehead atoms. The van der Waals surface area contributed by atoms with E-state index in [1.54, 1.807) is 22.7 Å². The van der Waals surface area contributed by atoms with E-state index in [9.17, 15) is 11.8 Å². The monoisotopic (exact) mass is 1000 g/mol. The van der Waals surface area contributed by atoms with E-state index in [0.29, 0.717) is 33.8 Å². The fourth-order valence-electron chi connectivity index (χ4n) is 12.7. The molecule has 17 aromatic rings. The molecule has 17 rings (SSSR count). The van der Waals surface area contributed by atoms with Crippen molar-refractivity contribution >= 4 is 156 Å². The molecule has 0 saturated heterocycles. The molecule has 6 heterocycles. The maximum Gasteiger partial charge on any atom is 0.220 e. The molecule has 0 radical (unpaired) electrons. The van der Waals surface area contributed by atoms with Crippen LogP contribution in [0.15, 0.2) is 215 Å². The van der Waals surface area contributed by atoms with Crippen molar-refractivity contribution in [1.82, 2.24) is 9.13 Å². The van der Waals surface area contributed by atoms with Gasteiger partial charge in [-0.05, 0) is 53.6 Å². The van der Waals surface area contributed by atoms with Gasteiger partial charge in [-0.2, -0.15) is 5.26 Å². The summed E-state index contributed by atoms with van der Waals surface area (Å²) < 4.78 is 23.1. The SMILES string of the molecule is [C-]#[N+]c1c(-c2ccccc2)c(C#N)c(-n2c3ccc4oc5ccccc5c4c3c3ccc4c5ccccc5oc4c32)c(-c2ccccc2)c1-n1c2c(ccc3c4ccccc4sc32)c2ccc3c4ccccc4sc3c21. The molecule has 0 N–H and O–H groups in total. The highest BCUT2D eigenvalue weighted by Crippen LogP contribution is 2.56. The van der Waals surface area contributed by atoms with Crippen LogP contribution in [-0.2, 0) is 0 Å². The molecule has 6 aromatic heterocycles. The lowest BCUT2D eigenvalue weighted by Gasteiger charge is -2.26. The van der Waals surface area contributed by atoms with Crippen LogP contribution < -0.4 is 0 Å². The third-order valence-electron chi connectivity index (χ3n) is 15.8. The highest BCUT2D eigenvalue weighted by atomic mass is 32.1. The van der Waals surface area contributed by atoms with Crippen LogP contribution in [0, 0.1) is 17.9 Å². The first-order valence-corrected chi connectivity index (χ1v) is 26.8. The van der Waals surface area contributed by atoms with Gasteiger partial charge >= 0.3 is 0 Å². The molecule has 0 aliphatic carbocycles. The van der Waals surface area contributed by atoms with Gasteiger partial charge in [0, 0.05) is 85.2 Å². The summed E-state index contributed by atoms with van der Waals surface area (Å²) in [5, 5.41) is 25.0. The number of furan rings is 2. The number of benzene rings is 11. The third-order valence-corrected chi connectivity index (χ3v) is 18.2. The van der Waals surface area contributed by atoms with Gasteiger partial charge in [-0.25, -0.2) is 4.85 Å². The van der Waals surface area contributed by atoms with Gasteiger partial charge in [-0.3, -0.25) is 0 Å². The van der Waals surface area contributed by atoms with Crippen LogP contribution in [0.1, 0.15) is 5.56 Å². The quantitative estimate of drug-likeness (QED) is 0.165. The van der Waals surface area contributed by atoms with E-state index >= 15 is 0 Å². The number of thiophene rings is 2. The van der Waals surface area contributed by atoms with Crippen molar-refractivity contribution in [3.63, 3.8) is 0 Å². The van der Waals surface area contributed by atoms with Gasteiger partial charge in [-0.1, -0.05) is 164 Å². The lowest BCUT2D eigenvalue weighted by molar-refractivity contribution is 0.669. The Kier molecular flexibility index (Phi) is 8.36. The van der Waals surface area contributed by atoms with E-state index in [-0.39, 0.29) is 0 Å². The van der Waals surface area contributed by atoms with Gasteiger partial charge in [-0.15, -0.1) is 22.7 Å². The number of hydrogen-bond donors (Lipinski definition) is 0. The molecule has 0 spiro atoms. The second-order valence-corrected chi connectivity index (χ2v) is 21.6. The van der Waals surface area contributed by atoms with Crippen LogP contribution in [0.3, 0.4) is 0 Å². The minimum absolute atomic E-state index is 0.378. The largest absolute Gasteiger partial charge is 0.456 e. The summed E-state index contributed by atoms with van der Waals surface area (Å²) in [6.07, 6.45) is 0. The van der Waals surface area contributed by atoms with E-state index in [0.717, 1.165) is 119 Å². The summed E-state index contributed by atoms with van der Waals surface area (Å²) in [6, 6.07) is 74.7. The van der Waals surface area contributed by atoms with Gasteiger partial charge in [0.2, 0.25) is 5.69 Å². The lowest BCUT2D eigenvalue weighted by atomic mass is 9.88. The number of rotatable bonds is 4. The predicted molar refractivity (Wildman–Crippen MR) is 317 cm³/mol. The number of aromatic nitrogens is 2. The Morgan fingerprint density at radius 3 is 1.57 bits per heavy atom. The van der Waals surface area contributed by atoms with E-state index in [1.165, 1.54) is 20.2 Å². The van der Waals surface area contributed by atoms with Gasteiger partial charge < -0.3 is 18.0 Å². The zero-order valence-corrected chi connectivity index (χ0v) is 41.7. The van der Waals surface area contributed by atoms with Crippen LogP contribution in [0.2, 0.25) is 0 Å². The molecule has 0 amide bonds. The Hall–Kier alpha value is -9.96. The number of nitriles is 1. The fourth-order valence-corrected chi connectivity index (χ4v) is 15.2. The van der Waals surface area contributed by atoms with Crippen LogP contribution in [-0.4, -0.2) is 9.13 Å². The van der Waals surface area contributed by atoms with Crippen molar-refractivity contribution in [2.75, 3.05) is 0 Å². The van der Waals surface area contributed by atoms with Crippen molar-refractivity contribution in [1.29, 1.82) is 5.26 Å². The lowest BCUT2D eigenvalue weighted by Crippen LogP contribution is -2.09. The first-order valence-electron chi connectivity index (χ1n) is 25.2. The summed E-state index contributed by atoms with van der Waals surface area (Å²) >= 11 is 3.57. The Bertz CT molecular complexity index is 5370. The van der Waals surface area contributed by atoms with E-state index < -0.39 is 0 Å². The Labute approximate surface area is 439 Å². The summed E-state index contributed by atoms with van der Waals surface area (Å²) in [4.78, 5) is 4.70. The first-order chi connectivity index (χ1) is 37.7. The molecular weight excluding hydrogens is 969 g/mol. The maximum atomic E-state index is 12.3. The zero-order valence-electron chi connectivity index (χ0n) is 40.1. The maximum absolute atomic E-state index is 12.3. The van der Waals surface area contributed by atoms with Crippen molar-refractivity contribution < 1.29 is 8.83 Å². The summed E-state index contributed by atoms with van der Waals surface area (Å²) in [5.74, 6) is 0. The molecule has 0 saturated carbocycles. The predicted octanol–water partition coefficient (Wildman–Crippen LogP) is 20.2. The smallest absolute Gasteiger partial charge is 0.220 e. The Balaban J connectivity index is 1.19. The van der Waals surface area contributed by atoms with E-state index in [2.05, 4.69) is 155 Å². The van der Waals surface area contributed by atoms with Crippen LogP contribution in [0.25, 0.3) is 166 Å². The van der Waals surface area contributed by atoms with Crippen molar-refractivity contribution in [2.45, 2.75) is 0 Å². The van der Waals surface area contributed by atoms with Crippen LogP contribution in [0.4, 0.5) is 5.69 Å². The molecule has 0 aliphatic heterocycles. The molecule has 350 valence electrons. The van der Waals surface area contributed by atoms with Crippen molar-refractivity contribution in [3.05, 3.63) is 223 Å². The van der Waals surface area contributed by atoms with Crippen LogP contribution in [0.5, 0.6) is 0 Å². The summed E-state index contributed by atoms with van der Waals surface area (Å²) in [5.41, 5.74) is 11.8. The van der Waals surface area contributed by atoms with Crippen molar-refractivity contribution in [3.8, 4) is 39.7 Å². The average Bonchev–Trinajstić information content (AvgIpc) is 4.52. The van der Waals surface area contributed by atoms with Gasteiger partial charge in [0.1, 0.15) is 22.8 Å². The minimum Gasteiger partial charge on any atom is -0.456 e. The summed E-state index contributed by atoms with van der Waals surface area (Å²) in [6.45, 7) is 9.63. The zero-order chi connectivity index (χ0) is 49.9. The number of nitrogens with zero attached hydrogens (tertiary/aromatic N) is 4.